The number of hydrogen-bond donors (Lipinski definition) is 1. The van der Waals surface area contributed by atoms with Crippen LogP contribution in [-0.4, -0.2) is 17.8 Å². The number of nitrogens with zero attached hydrogens (tertiary/aromatic N) is 2. The van der Waals surface area contributed by atoms with Gasteiger partial charge in [-0.05, 0) is 42.5 Å². The highest BCUT2D eigenvalue weighted by Crippen LogP contribution is 2.24. The molecule has 0 saturated carbocycles. The SMILES string of the molecule is O=S(=O)(Nc1ccc(-c2cn3ccccc3n2)cc1)c1cc(F)ccc1F. The van der Waals surface area contributed by atoms with Crippen LogP contribution in [0.5, 0.6) is 0 Å². The minimum atomic E-state index is -4.25. The number of fused-ring (bicyclic) bond motifs is 1. The van der Waals surface area contributed by atoms with Gasteiger partial charge in [0.1, 0.15) is 22.2 Å². The van der Waals surface area contributed by atoms with Crippen LogP contribution in [0.15, 0.2) is 78.0 Å². The zero-order valence-corrected chi connectivity index (χ0v) is 14.6. The Morgan fingerprint density at radius 3 is 2.48 bits per heavy atom. The largest absolute Gasteiger partial charge is 0.306 e. The van der Waals surface area contributed by atoms with Gasteiger partial charge in [-0.2, -0.15) is 0 Å². The van der Waals surface area contributed by atoms with Gasteiger partial charge in [0.15, 0.2) is 0 Å². The molecule has 27 heavy (non-hydrogen) atoms. The lowest BCUT2D eigenvalue weighted by Gasteiger charge is -2.09. The van der Waals surface area contributed by atoms with Gasteiger partial charge in [0, 0.05) is 23.6 Å². The number of anilines is 1. The minimum Gasteiger partial charge on any atom is -0.306 e. The van der Waals surface area contributed by atoms with Crippen LogP contribution >= 0.6 is 0 Å². The fourth-order valence-corrected chi connectivity index (χ4v) is 3.82. The summed E-state index contributed by atoms with van der Waals surface area (Å²) < 4.78 is 55.8. The molecule has 0 saturated heterocycles. The maximum atomic E-state index is 13.8. The van der Waals surface area contributed by atoms with E-state index in [0.717, 1.165) is 29.0 Å². The van der Waals surface area contributed by atoms with E-state index < -0.39 is 26.6 Å². The smallest absolute Gasteiger partial charge is 0.264 e. The fourth-order valence-electron chi connectivity index (χ4n) is 2.68. The van der Waals surface area contributed by atoms with Crippen molar-refractivity contribution in [2.45, 2.75) is 4.90 Å². The van der Waals surface area contributed by atoms with Gasteiger partial charge in [0.05, 0.1) is 5.69 Å². The molecule has 4 rings (SSSR count). The Hall–Kier alpha value is -3.26. The number of imidazole rings is 1. The van der Waals surface area contributed by atoms with Crippen molar-refractivity contribution in [3.05, 3.63) is 84.7 Å². The van der Waals surface area contributed by atoms with Crippen molar-refractivity contribution >= 4 is 21.4 Å². The van der Waals surface area contributed by atoms with E-state index in [0.29, 0.717) is 6.07 Å². The van der Waals surface area contributed by atoms with Crippen LogP contribution in [0.4, 0.5) is 14.5 Å². The predicted octanol–water partition coefficient (Wildman–Crippen LogP) is 4.08. The molecule has 1 N–H and O–H groups in total. The van der Waals surface area contributed by atoms with Gasteiger partial charge in [0.2, 0.25) is 0 Å². The van der Waals surface area contributed by atoms with Gasteiger partial charge >= 0.3 is 0 Å². The van der Waals surface area contributed by atoms with Crippen molar-refractivity contribution in [2.75, 3.05) is 4.72 Å². The predicted molar refractivity (Wildman–Crippen MR) is 97.8 cm³/mol. The molecule has 0 bridgehead atoms. The normalized spacial score (nSPS) is 11.6. The summed E-state index contributed by atoms with van der Waals surface area (Å²) in [6, 6.07) is 14.4. The van der Waals surface area contributed by atoms with Crippen LogP contribution in [-0.2, 0) is 10.0 Å². The third-order valence-electron chi connectivity index (χ3n) is 3.98. The van der Waals surface area contributed by atoms with E-state index in [1.54, 1.807) is 12.1 Å². The van der Waals surface area contributed by atoms with Gasteiger partial charge in [-0.3, -0.25) is 4.72 Å². The summed E-state index contributed by atoms with van der Waals surface area (Å²) >= 11 is 0. The van der Waals surface area contributed by atoms with E-state index in [-0.39, 0.29) is 5.69 Å². The molecule has 0 aliphatic carbocycles. The summed E-state index contributed by atoms with van der Waals surface area (Å²) in [7, 11) is -4.25. The monoisotopic (exact) mass is 385 g/mol. The minimum absolute atomic E-state index is 0.228. The zero-order chi connectivity index (χ0) is 19.0. The number of halogens is 2. The number of hydrogen-bond acceptors (Lipinski definition) is 3. The molecule has 0 fully saturated rings. The van der Waals surface area contributed by atoms with Crippen molar-refractivity contribution in [2.24, 2.45) is 0 Å². The Morgan fingerprint density at radius 2 is 1.74 bits per heavy atom. The summed E-state index contributed by atoms with van der Waals surface area (Å²) in [5.41, 5.74) is 2.54. The highest BCUT2D eigenvalue weighted by Gasteiger charge is 2.20. The lowest BCUT2D eigenvalue weighted by Crippen LogP contribution is -2.14. The molecule has 5 nitrogen and oxygen atoms in total. The van der Waals surface area contributed by atoms with Crippen LogP contribution in [0.3, 0.4) is 0 Å². The first kappa shape index (κ1) is 17.2. The first-order chi connectivity index (χ1) is 12.9. The van der Waals surface area contributed by atoms with Crippen LogP contribution in [0.25, 0.3) is 16.9 Å². The van der Waals surface area contributed by atoms with Crippen LogP contribution in [0.2, 0.25) is 0 Å². The molecule has 0 aliphatic heterocycles. The first-order valence-corrected chi connectivity index (χ1v) is 9.43. The quantitative estimate of drug-likeness (QED) is 0.576. The number of aromatic nitrogens is 2. The van der Waals surface area contributed by atoms with E-state index in [9.17, 15) is 17.2 Å². The Morgan fingerprint density at radius 1 is 0.963 bits per heavy atom. The van der Waals surface area contributed by atoms with Crippen LogP contribution < -0.4 is 4.72 Å². The standard InChI is InChI=1S/C19H13F2N3O2S/c20-14-6-9-16(21)18(11-14)27(25,26)23-15-7-4-13(5-8-15)17-12-24-10-2-1-3-19(24)22-17/h1-12,23H. The van der Waals surface area contributed by atoms with Crippen LogP contribution in [0.1, 0.15) is 0 Å². The average molecular weight is 385 g/mol. The van der Waals surface area contributed by atoms with E-state index >= 15 is 0 Å². The molecule has 4 aromatic rings. The third-order valence-corrected chi connectivity index (χ3v) is 5.38. The molecule has 2 aromatic heterocycles. The van der Waals surface area contributed by atoms with Gasteiger partial charge in [0.25, 0.3) is 10.0 Å². The van der Waals surface area contributed by atoms with Gasteiger partial charge in [-0.1, -0.05) is 18.2 Å². The molecule has 136 valence electrons. The van der Waals surface area contributed by atoms with Crippen molar-refractivity contribution in [3.8, 4) is 11.3 Å². The Labute approximate surface area is 154 Å². The van der Waals surface area contributed by atoms with Crippen LogP contribution in [0, 0.1) is 11.6 Å². The Balaban J connectivity index is 1.61. The number of nitrogens with one attached hydrogen (secondary N) is 1. The number of rotatable bonds is 4. The van der Waals surface area contributed by atoms with E-state index in [4.69, 9.17) is 0 Å². The van der Waals surface area contributed by atoms with E-state index in [1.807, 2.05) is 35.0 Å². The molecule has 0 radical (unpaired) electrons. The maximum Gasteiger partial charge on any atom is 0.264 e. The molecular formula is C19H13F2N3O2S. The average Bonchev–Trinajstić information content (AvgIpc) is 3.08. The van der Waals surface area contributed by atoms with Crippen molar-refractivity contribution < 1.29 is 17.2 Å². The lowest BCUT2D eigenvalue weighted by atomic mass is 10.1. The summed E-state index contributed by atoms with van der Waals surface area (Å²) in [5, 5.41) is 0. The molecular weight excluding hydrogens is 372 g/mol. The van der Waals surface area contributed by atoms with Gasteiger partial charge < -0.3 is 4.40 Å². The topological polar surface area (TPSA) is 63.5 Å². The van der Waals surface area contributed by atoms with Crippen molar-refractivity contribution in [1.82, 2.24) is 9.38 Å². The molecule has 2 heterocycles. The second-order valence-corrected chi connectivity index (χ2v) is 7.50. The second-order valence-electron chi connectivity index (χ2n) is 5.85. The van der Waals surface area contributed by atoms with Gasteiger partial charge in [-0.25, -0.2) is 22.2 Å². The Bertz CT molecular complexity index is 1200. The highest BCUT2D eigenvalue weighted by molar-refractivity contribution is 7.92. The molecule has 0 aliphatic rings. The number of sulfonamides is 1. The number of benzene rings is 2. The highest BCUT2D eigenvalue weighted by atomic mass is 32.2. The maximum absolute atomic E-state index is 13.8. The van der Waals surface area contributed by atoms with E-state index in [1.165, 1.54) is 12.1 Å². The van der Waals surface area contributed by atoms with Crippen molar-refractivity contribution in [1.29, 1.82) is 0 Å². The Kier molecular flexibility index (Phi) is 4.12. The number of pyridine rings is 1. The van der Waals surface area contributed by atoms with Gasteiger partial charge in [-0.15, -0.1) is 0 Å². The van der Waals surface area contributed by atoms with E-state index in [2.05, 4.69) is 9.71 Å². The molecule has 0 spiro atoms. The zero-order valence-electron chi connectivity index (χ0n) is 13.8. The first-order valence-electron chi connectivity index (χ1n) is 7.94. The third kappa shape index (κ3) is 3.39. The molecule has 0 atom stereocenters. The van der Waals surface area contributed by atoms with Crippen molar-refractivity contribution in [3.63, 3.8) is 0 Å². The summed E-state index contributed by atoms with van der Waals surface area (Å²) in [6.07, 6.45) is 3.73. The molecule has 0 unspecified atom stereocenters. The molecule has 8 heteroatoms. The summed E-state index contributed by atoms with van der Waals surface area (Å²) in [6.45, 7) is 0. The fraction of sp³-hybridized carbons (Fsp3) is 0. The summed E-state index contributed by atoms with van der Waals surface area (Å²) in [4.78, 5) is 3.75. The molecule has 0 amide bonds. The second kappa shape index (κ2) is 6.48. The lowest BCUT2D eigenvalue weighted by molar-refractivity contribution is 0.555. The summed E-state index contributed by atoms with van der Waals surface area (Å²) in [5.74, 6) is -1.86. The molecule has 2 aromatic carbocycles.